The second-order valence-corrected chi connectivity index (χ2v) is 9.13. The van der Waals surface area contributed by atoms with Crippen LogP contribution in [0, 0.1) is 5.82 Å². The molecule has 2 aliphatic heterocycles. The van der Waals surface area contributed by atoms with Crippen LogP contribution < -0.4 is 5.32 Å². The molecule has 1 atom stereocenters. The Balaban J connectivity index is 1.37. The van der Waals surface area contributed by atoms with Gasteiger partial charge in [-0.15, -0.1) is 0 Å². The van der Waals surface area contributed by atoms with Crippen LogP contribution in [0.5, 0.6) is 0 Å². The van der Waals surface area contributed by atoms with Crippen molar-refractivity contribution in [1.29, 1.82) is 0 Å². The summed E-state index contributed by atoms with van der Waals surface area (Å²) in [7, 11) is 0. The monoisotopic (exact) mass is 457 g/mol. The van der Waals surface area contributed by atoms with E-state index in [2.05, 4.69) is 5.32 Å². The minimum absolute atomic E-state index is 0.0192. The van der Waals surface area contributed by atoms with Gasteiger partial charge in [0.2, 0.25) is 5.91 Å². The minimum Gasteiger partial charge on any atom is -0.338 e. The highest BCUT2D eigenvalue weighted by Gasteiger charge is 2.51. The van der Waals surface area contributed by atoms with Crippen molar-refractivity contribution in [2.45, 2.75) is 37.5 Å². The summed E-state index contributed by atoms with van der Waals surface area (Å²) in [5, 5.41) is 3.65. The molecule has 2 aliphatic rings. The number of carbonyl (C=O) groups excluding carboxylic acids is 2. The first-order chi connectivity index (χ1) is 16.5. The molecule has 3 aromatic rings. The molecular formula is C28H28FN3O2. The Morgan fingerprint density at radius 2 is 1.50 bits per heavy atom. The van der Waals surface area contributed by atoms with Crippen LogP contribution in [0.15, 0.2) is 84.9 Å². The summed E-state index contributed by atoms with van der Waals surface area (Å²) in [5.74, 6) is -0.222. The zero-order valence-corrected chi connectivity index (χ0v) is 19.0. The number of nitrogens with one attached hydrogen (secondary N) is 1. The molecule has 0 radical (unpaired) electrons. The highest BCUT2D eigenvalue weighted by Crippen LogP contribution is 2.35. The summed E-state index contributed by atoms with van der Waals surface area (Å²) in [6.07, 6.45) is 1.89. The summed E-state index contributed by atoms with van der Waals surface area (Å²) in [6, 6.07) is 25.3. The largest absolute Gasteiger partial charge is 0.338 e. The lowest BCUT2D eigenvalue weighted by molar-refractivity contribution is -0.134. The number of carbonyl (C=O) groups is 2. The van der Waals surface area contributed by atoms with E-state index in [4.69, 9.17) is 0 Å². The van der Waals surface area contributed by atoms with Gasteiger partial charge in [0, 0.05) is 38.0 Å². The average molecular weight is 458 g/mol. The van der Waals surface area contributed by atoms with E-state index in [-0.39, 0.29) is 23.7 Å². The van der Waals surface area contributed by atoms with Crippen molar-refractivity contribution >= 4 is 11.8 Å². The van der Waals surface area contributed by atoms with Crippen LogP contribution in [0.3, 0.4) is 0 Å². The summed E-state index contributed by atoms with van der Waals surface area (Å²) in [5.41, 5.74) is 2.14. The number of hydrogen-bond acceptors (Lipinski definition) is 3. The molecule has 174 valence electrons. The van der Waals surface area contributed by atoms with E-state index in [0.29, 0.717) is 44.5 Å². The molecule has 0 saturated carbocycles. The first-order valence-electron chi connectivity index (χ1n) is 11.8. The minimum atomic E-state index is -0.529. The molecule has 0 bridgehead atoms. The molecule has 5 rings (SSSR count). The molecule has 1 spiro atoms. The second-order valence-electron chi connectivity index (χ2n) is 9.13. The maximum Gasteiger partial charge on any atom is 0.253 e. The van der Waals surface area contributed by atoms with Crippen molar-refractivity contribution in [2.24, 2.45) is 0 Å². The Labute approximate surface area is 199 Å². The third-order valence-electron chi connectivity index (χ3n) is 6.96. The van der Waals surface area contributed by atoms with Crippen molar-refractivity contribution < 1.29 is 14.0 Å². The van der Waals surface area contributed by atoms with Gasteiger partial charge in [-0.3, -0.25) is 14.9 Å². The lowest BCUT2D eigenvalue weighted by Gasteiger charge is -2.44. The molecule has 6 heteroatoms. The van der Waals surface area contributed by atoms with Crippen molar-refractivity contribution in [2.75, 3.05) is 13.1 Å². The zero-order valence-electron chi connectivity index (χ0n) is 19.0. The Morgan fingerprint density at radius 1 is 0.882 bits per heavy atom. The Hall–Kier alpha value is -3.51. The van der Waals surface area contributed by atoms with E-state index in [9.17, 15) is 14.0 Å². The number of halogens is 1. The fourth-order valence-electron chi connectivity index (χ4n) is 5.11. The zero-order chi connectivity index (χ0) is 23.5. The molecule has 2 saturated heterocycles. The van der Waals surface area contributed by atoms with Gasteiger partial charge < -0.3 is 9.80 Å². The smallest absolute Gasteiger partial charge is 0.253 e. The maximum atomic E-state index is 13.6. The summed E-state index contributed by atoms with van der Waals surface area (Å²) in [6.45, 7) is 1.53. The summed E-state index contributed by atoms with van der Waals surface area (Å²) in [4.78, 5) is 30.4. The molecule has 2 amide bonds. The van der Waals surface area contributed by atoms with Crippen LogP contribution >= 0.6 is 0 Å². The third-order valence-corrected chi connectivity index (χ3v) is 6.96. The van der Waals surface area contributed by atoms with Gasteiger partial charge in [0.15, 0.2) is 0 Å². The average Bonchev–Trinajstić information content (AvgIpc) is 3.11. The maximum absolute atomic E-state index is 13.6. The number of benzene rings is 3. The Kier molecular flexibility index (Phi) is 6.16. The normalized spacial score (nSPS) is 19.6. The number of likely N-dealkylation sites (tertiary alicyclic amines) is 1. The molecule has 0 unspecified atom stereocenters. The number of piperidine rings is 1. The lowest BCUT2D eigenvalue weighted by atomic mass is 9.94. The highest BCUT2D eigenvalue weighted by molar-refractivity contribution is 5.94. The first kappa shape index (κ1) is 22.3. The van der Waals surface area contributed by atoms with Crippen LogP contribution in [-0.2, 0) is 17.8 Å². The second kappa shape index (κ2) is 9.39. The van der Waals surface area contributed by atoms with E-state index < -0.39 is 5.66 Å². The number of amides is 2. The fourth-order valence-corrected chi connectivity index (χ4v) is 5.11. The van der Waals surface area contributed by atoms with Crippen LogP contribution in [0.25, 0.3) is 0 Å². The topological polar surface area (TPSA) is 52.7 Å². The fraction of sp³-hybridized carbons (Fsp3) is 0.286. The van der Waals surface area contributed by atoms with Crippen molar-refractivity contribution in [1.82, 2.24) is 15.1 Å². The quantitative estimate of drug-likeness (QED) is 0.630. The van der Waals surface area contributed by atoms with Crippen LogP contribution in [0.2, 0.25) is 0 Å². The Morgan fingerprint density at radius 3 is 2.15 bits per heavy atom. The standard InChI is InChI=1S/C28H28FN3O2/c29-24-13-11-22(12-14-24)20-32-27(34)25(19-21-7-3-1-4-8-21)30-28(32)15-17-31(18-16-28)26(33)23-9-5-2-6-10-23/h1-14,25,30H,15-20H2/t25-/m0/s1. The molecule has 2 heterocycles. The van der Waals surface area contributed by atoms with E-state index in [1.807, 2.05) is 70.5 Å². The number of rotatable bonds is 5. The molecule has 0 aliphatic carbocycles. The van der Waals surface area contributed by atoms with Gasteiger partial charge in [-0.1, -0.05) is 60.7 Å². The number of nitrogens with zero attached hydrogens (tertiary/aromatic N) is 2. The molecule has 34 heavy (non-hydrogen) atoms. The SMILES string of the molecule is O=C(c1ccccc1)N1CCC2(CC1)N[C@@H](Cc1ccccc1)C(=O)N2Cc1ccc(F)cc1. The van der Waals surface area contributed by atoms with Crippen molar-refractivity contribution in [3.63, 3.8) is 0 Å². The van der Waals surface area contributed by atoms with Gasteiger partial charge in [0.1, 0.15) is 5.82 Å². The summed E-state index contributed by atoms with van der Waals surface area (Å²) < 4.78 is 13.5. The third kappa shape index (κ3) is 4.46. The van der Waals surface area contributed by atoms with Crippen molar-refractivity contribution in [3.8, 4) is 0 Å². The van der Waals surface area contributed by atoms with Gasteiger partial charge >= 0.3 is 0 Å². The molecule has 0 aromatic heterocycles. The highest BCUT2D eigenvalue weighted by atomic mass is 19.1. The van der Waals surface area contributed by atoms with E-state index in [1.165, 1.54) is 12.1 Å². The van der Waals surface area contributed by atoms with Crippen molar-refractivity contribution in [3.05, 3.63) is 107 Å². The van der Waals surface area contributed by atoms with Gasteiger partial charge in [-0.05, 0) is 41.8 Å². The van der Waals surface area contributed by atoms with Crippen LogP contribution in [0.4, 0.5) is 4.39 Å². The molecule has 2 fully saturated rings. The first-order valence-corrected chi connectivity index (χ1v) is 11.8. The predicted molar refractivity (Wildman–Crippen MR) is 128 cm³/mol. The Bertz CT molecular complexity index is 1140. The number of hydrogen-bond donors (Lipinski definition) is 1. The molecule has 3 aromatic carbocycles. The molecular weight excluding hydrogens is 429 g/mol. The van der Waals surface area contributed by atoms with Gasteiger partial charge in [0.05, 0.1) is 11.7 Å². The molecule has 1 N–H and O–H groups in total. The van der Waals surface area contributed by atoms with Crippen LogP contribution in [-0.4, -0.2) is 46.4 Å². The van der Waals surface area contributed by atoms with Gasteiger partial charge in [0.25, 0.3) is 5.91 Å². The van der Waals surface area contributed by atoms with Gasteiger partial charge in [-0.25, -0.2) is 4.39 Å². The van der Waals surface area contributed by atoms with Gasteiger partial charge in [-0.2, -0.15) is 0 Å². The lowest BCUT2D eigenvalue weighted by Crippen LogP contribution is -2.59. The molecule has 5 nitrogen and oxygen atoms in total. The van der Waals surface area contributed by atoms with E-state index >= 15 is 0 Å². The van der Waals surface area contributed by atoms with E-state index in [0.717, 1.165) is 11.1 Å². The van der Waals surface area contributed by atoms with Crippen LogP contribution in [0.1, 0.15) is 34.3 Å². The van der Waals surface area contributed by atoms with E-state index in [1.54, 1.807) is 12.1 Å². The summed E-state index contributed by atoms with van der Waals surface area (Å²) >= 11 is 0. The predicted octanol–water partition coefficient (Wildman–Crippen LogP) is 4.00.